The quantitative estimate of drug-likeness (QED) is 0.472. The van der Waals surface area contributed by atoms with E-state index in [1.807, 2.05) is 20.8 Å². The van der Waals surface area contributed by atoms with E-state index in [9.17, 15) is 14.0 Å². The summed E-state index contributed by atoms with van der Waals surface area (Å²) >= 11 is 0. The Morgan fingerprint density at radius 2 is 1.76 bits per heavy atom. The van der Waals surface area contributed by atoms with Crippen LogP contribution in [0, 0.1) is 5.82 Å². The molecule has 0 bridgehead atoms. The van der Waals surface area contributed by atoms with Crippen molar-refractivity contribution in [3.63, 3.8) is 0 Å². The van der Waals surface area contributed by atoms with Gasteiger partial charge in [-0.05, 0) is 64.7 Å². The molecule has 29 heavy (non-hydrogen) atoms. The van der Waals surface area contributed by atoms with Gasteiger partial charge in [0.05, 0.1) is 12.7 Å². The highest BCUT2D eigenvalue weighted by Gasteiger charge is 2.24. The van der Waals surface area contributed by atoms with Crippen LogP contribution in [0.5, 0.6) is 0 Å². The molecule has 2 rings (SSSR count). The van der Waals surface area contributed by atoms with E-state index in [0.717, 1.165) is 25.7 Å². The molecule has 1 fully saturated rings. The minimum Gasteiger partial charge on any atom is -0.465 e. The van der Waals surface area contributed by atoms with Gasteiger partial charge in [0.2, 0.25) is 0 Å². The number of hydrogen-bond acceptors (Lipinski definition) is 6. The molecule has 0 saturated heterocycles. The molecule has 162 valence electrons. The molecule has 1 aliphatic carbocycles. The number of esters is 1. The average molecular weight is 410 g/mol. The van der Waals surface area contributed by atoms with Crippen LogP contribution in [-0.4, -0.2) is 49.9 Å². The number of carbonyl (C=O) groups excluding carboxylic acids is 2. The maximum atomic E-state index is 13.4. The second-order valence-corrected chi connectivity index (χ2v) is 8.26. The van der Waals surface area contributed by atoms with Gasteiger partial charge in [-0.15, -0.1) is 0 Å². The molecule has 0 aromatic heterocycles. The number of amides is 1. The van der Waals surface area contributed by atoms with Gasteiger partial charge < -0.3 is 25.4 Å². The molecule has 1 aromatic rings. The van der Waals surface area contributed by atoms with Gasteiger partial charge in [-0.25, -0.2) is 14.0 Å². The Kier molecular flexibility index (Phi) is 8.25. The molecule has 1 amide bonds. The Balaban J connectivity index is 1.69. The number of anilines is 1. The molecule has 0 aliphatic heterocycles. The summed E-state index contributed by atoms with van der Waals surface area (Å²) in [5.41, 5.74) is 0.236. The first-order valence-corrected chi connectivity index (χ1v) is 10.0. The van der Waals surface area contributed by atoms with Crippen LogP contribution in [0.2, 0.25) is 0 Å². The van der Waals surface area contributed by atoms with Gasteiger partial charge >= 0.3 is 12.1 Å². The predicted octanol–water partition coefficient (Wildman–Crippen LogP) is 3.45. The van der Waals surface area contributed by atoms with E-state index in [-0.39, 0.29) is 17.7 Å². The van der Waals surface area contributed by atoms with Crippen molar-refractivity contribution < 1.29 is 23.5 Å². The highest BCUT2D eigenvalue weighted by atomic mass is 19.1. The summed E-state index contributed by atoms with van der Waals surface area (Å²) in [4.78, 5) is 23.6. The number of alkyl carbamates (subject to hydrolysis) is 1. The van der Waals surface area contributed by atoms with Crippen LogP contribution in [0.15, 0.2) is 18.2 Å². The number of methoxy groups -OCH3 is 1. The number of benzene rings is 1. The van der Waals surface area contributed by atoms with Crippen molar-refractivity contribution in [2.75, 3.05) is 25.5 Å². The van der Waals surface area contributed by atoms with E-state index in [4.69, 9.17) is 9.47 Å². The Morgan fingerprint density at radius 3 is 2.38 bits per heavy atom. The number of hydrogen-bond donors (Lipinski definition) is 3. The molecule has 3 N–H and O–H groups in total. The van der Waals surface area contributed by atoms with E-state index in [1.165, 1.54) is 25.3 Å². The second kappa shape index (κ2) is 10.4. The molecular weight excluding hydrogens is 377 g/mol. The van der Waals surface area contributed by atoms with Crippen molar-refractivity contribution in [3.05, 3.63) is 29.6 Å². The Labute approximate surface area is 171 Å². The minimum absolute atomic E-state index is 0.142. The second-order valence-electron chi connectivity index (χ2n) is 8.26. The normalized spacial score (nSPS) is 19.3. The highest BCUT2D eigenvalue weighted by molar-refractivity contribution is 5.95. The third-order valence-corrected chi connectivity index (χ3v) is 4.71. The van der Waals surface area contributed by atoms with E-state index in [2.05, 4.69) is 16.0 Å². The molecule has 7 nitrogen and oxygen atoms in total. The number of carbonyl (C=O) groups is 2. The van der Waals surface area contributed by atoms with Crippen molar-refractivity contribution in [2.45, 2.75) is 64.1 Å². The molecule has 1 aliphatic rings. The average Bonchev–Trinajstić information content (AvgIpc) is 2.65. The predicted molar refractivity (Wildman–Crippen MR) is 110 cm³/mol. The van der Waals surface area contributed by atoms with Crippen molar-refractivity contribution in [2.24, 2.45) is 0 Å². The summed E-state index contributed by atoms with van der Waals surface area (Å²) in [7, 11) is 1.27. The summed E-state index contributed by atoms with van der Waals surface area (Å²) in [6, 6.07) is 4.53. The van der Waals surface area contributed by atoms with Crippen molar-refractivity contribution in [1.29, 1.82) is 0 Å². The molecule has 0 radical (unpaired) electrons. The molecule has 8 heteroatoms. The zero-order chi connectivity index (χ0) is 21.4. The Morgan fingerprint density at radius 1 is 1.10 bits per heavy atom. The van der Waals surface area contributed by atoms with Crippen LogP contribution >= 0.6 is 0 Å². The molecule has 0 heterocycles. The van der Waals surface area contributed by atoms with E-state index in [1.54, 1.807) is 0 Å². The summed E-state index contributed by atoms with van der Waals surface area (Å²) in [5, 5.41) is 9.57. The monoisotopic (exact) mass is 409 g/mol. The van der Waals surface area contributed by atoms with Crippen molar-refractivity contribution in [1.82, 2.24) is 10.6 Å². The largest absolute Gasteiger partial charge is 0.465 e. The lowest BCUT2D eigenvalue weighted by Crippen LogP contribution is -2.44. The summed E-state index contributed by atoms with van der Waals surface area (Å²) < 4.78 is 23.4. The summed E-state index contributed by atoms with van der Waals surface area (Å²) in [5.74, 6) is -1.05. The van der Waals surface area contributed by atoms with Crippen LogP contribution in [0.1, 0.15) is 56.8 Å². The van der Waals surface area contributed by atoms with Crippen molar-refractivity contribution >= 4 is 17.7 Å². The van der Waals surface area contributed by atoms with Gasteiger partial charge in [0.25, 0.3) is 0 Å². The van der Waals surface area contributed by atoms with Crippen LogP contribution < -0.4 is 16.0 Å². The number of rotatable bonds is 7. The Hall–Kier alpha value is -2.35. The van der Waals surface area contributed by atoms with Gasteiger partial charge in [-0.1, -0.05) is 0 Å². The zero-order valence-electron chi connectivity index (χ0n) is 17.6. The third kappa shape index (κ3) is 7.89. The maximum absolute atomic E-state index is 13.4. The van der Waals surface area contributed by atoms with E-state index in [0.29, 0.717) is 24.8 Å². The minimum atomic E-state index is -0.573. The fraction of sp³-hybridized carbons (Fsp3) is 0.619. The van der Waals surface area contributed by atoms with Gasteiger partial charge in [-0.2, -0.15) is 0 Å². The van der Waals surface area contributed by atoms with Gasteiger partial charge in [0, 0.05) is 30.9 Å². The molecule has 0 unspecified atom stereocenters. The van der Waals surface area contributed by atoms with Gasteiger partial charge in [0.15, 0.2) is 0 Å². The summed E-state index contributed by atoms with van der Waals surface area (Å²) in [6.07, 6.45) is 3.36. The molecule has 1 aromatic carbocycles. The first-order valence-electron chi connectivity index (χ1n) is 10.0. The Bertz CT molecular complexity index is 698. The van der Waals surface area contributed by atoms with Gasteiger partial charge in [0.1, 0.15) is 11.4 Å². The van der Waals surface area contributed by atoms with Crippen LogP contribution in [0.25, 0.3) is 0 Å². The van der Waals surface area contributed by atoms with E-state index >= 15 is 0 Å². The maximum Gasteiger partial charge on any atom is 0.407 e. The lowest BCUT2D eigenvalue weighted by atomic mass is 9.91. The highest BCUT2D eigenvalue weighted by Crippen LogP contribution is 2.20. The number of nitrogens with one attached hydrogen (secondary N) is 3. The smallest absolute Gasteiger partial charge is 0.407 e. The molecule has 0 atom stereocenters. The van der Waals surface area contributed by atoms with E-state index < -0.39 is 17.4 Å². The SMILES string of the molecule is COC(=O)c1cc(F)ccc1NCCNC1CCC(NC(=O)OC(C)(C)C)CC1. The van der Waals surface area contributed by atoms with Crippen LogP contribution in [0.3, 0.4) is 0 Å². The standard InChI is InChI=1S/C21H32FN3O4/c1-21(2,3)29-20(27)25-16-8-6-15(7-9-16)23-11-12-24-18-10-5-14(22)13-17(18)19(26)28-4/h5,10,13,15-16,23-24H,6-9,11-12H2,1-4H3,(H,25,27). The topological polar surface area (TPSA) is 88.7 Å². The molecular formula is C21H32FN3O4. The number of ether oxygens (including phenoxy) is 2. The van der Waals surface area contributed by atoms with Crippen LogP contribution in [0.4, 0.5) is 14.9 Å². The van der Waals surface area contributed by atoms with Gasteiger partial charge in [-0.3, -0.25) is 0 Å². The lowest BCUT2D eigenvalue weighted by molar-refractivity contribution is 0.0489. The fourth-order valence-corrected chi connectivity index (χ4v) is 3.34. The first-order chi connectivity index (χ1) is 13.7. The summed E-state index contributed by atoms with van der Waals surface area (Å²) in [6.45, 7) is 6.84. The molecule has 1 saturated carbocycles. The van der Waals surface area contributed by atoms with Crippen LogP contribution in [-0.2, 0) is 9.47 Å². The van der Waals surface area contributed by atoms with Crippen molar-refractivity contribution in [3.8, 4) is 0 Å². The zero-order valence-corrected chi connectivity index (χ0v) is 17.6. The lowest BCUT2D eigenvalue weighted by Gasteiger charge is -2.30. The molecule has 0 spiro atoms. The number of halogens is 1. The third-order valence-electron chi connectivity index (χ3n) is 4.71. The fourth-order valence-electron chi connectivity index (χ4n) is 3.34. The first kappa shape index (κ1) is 22.9.